The van der Waals surface area contributed by atoms with Gasteiger partial charge in [-0.25, -0.2) is 0 Å². The Bertz CT molecular complexity index is 1550. The highest BCUT2D eigenvalue weighted by atomic mass is 14.6. The fourth-order valence-corrected chi connectivity index (χ4v) is 5.74. The van der Waals surface area contributed by atoms with Crippen molar-refractivity contribution in [1.82, 2.24) is 4.98 Å². The number of benzene rings is 5. The van der Waals surface area contributed by atoms with Crippen LogP contribution in [-0.4, -0.2) is 4.98 Å². The summed E-state index contributed by atoms with van der Waals surface area (Å²) in [7, 11) is 0. The Hall–Kier alpha value is -3.97. The standard InChI is InChI=1S/C25H22.C9H7N/c1-17-15-20-12-13-22-21-10-6-5-9-19(21)11-14-23(22)25(20)24(16-17)18-7-3-2-4-8-18;1-2-4-9-7-10-6-5-8(9)3-1/h2-14,17,24H,15-16H2,1H3;1-7H. The molecule has 1 aliphatic rings. The fraction of sp³-hybridized carbons (Fsp3) is 0.147. The van der Waals surface area contributed by atoms with Gasteiger partial charge in [0.05, 0.1) is 0 Å². The second-order valence-corrected chi connectivity index (χ2v) is 9.75. The lowest BCUT2D eigenvalue weighted by atomic mass is 9.72. The highest BCUT2D eigenvalue weighted by molar-refractivity contribution is 6.09. The summed E-state index contributed by atoms with van der Waals surface area (Å²) in [6.07, 6.45) is 6.11. The third-order valence-electron chi connectivity index (χ3n) is 7.36. The quantitative estimate of drug-likeness (QED) is 0.227. The lowest BCUT2D eigenvalue weighted by molar-refractivity contribution is 0.467. The van der Waals surface area contributed by atoms with E-state index in [-0.39, 0.29) is 0 Å². The van der Waals surface area contributed by atoms with E-state index in [2.05, 4.69) is 103 Å². The summed E-state index contributed by atoms with van der Waals surface area (Å²) in [6, 6.07) is 39.4. The molecule has 0 bridgehead atoms. The molecule has 1 aliphatic carbocycles. The van der Waals surface area contributed by atoms with E-state index in [4.69, 9.17) is 0 Å². The van der Waals surface area contributed by atoms with Crippen molar-refractivity contribution >= 4 is 32.3 Å². The Morgan fingerprint density at radius 1 is 0.600 bits per heavy atom. The first kappa shape index (κ1) is 21.6. The molecule has 2 unspecified atom stereocenters. The van der Waals surface area contributed by atoms with Crippen molar-refractivity contribution in [3.8, 4) is 0 Å². The minimum absolute atomic E-state index is 0.504. The van der Waals surface area contributed by atoms with Crippen LogP contribution in [0, 0.1) is 5.92 Å². The third-order valence-corrected chi connectivity index (χ3v) is 7.36. The predicted molar refractivity (Wildman–Crippen MR) is 149 cm³/mol. The molecule has 1 heterocycles. The molecule has 1 aromatic heterocycles. The van der Waals surface area contributed by atoms with Crippen LogP contribution in [0.1, 0.15) is 36.0 Å². The SMILES string of the molecule is CC1Cc2ccc3c(ccc4ccccc43)c2C(c2ccccc2)C1.c1ccc2cnccc2c1. The average molecular weight is 452 g/mol. The van der Waals surface area contributed by atoms with E-state index in [9.17, 15) is 0 Å². The molecule has 35 heavy (non-hydrogen) atoms. The molecule has 0 N–H and O–H groups in total. The Kier molecular flexibility index (Phi) is 5.76. The van der Waals surface area contributed by atoms with Crippen LogP contribution in [0.5, 0.6) is 0 Å². The van der Waals surface area contributed by atoms with Crippen LogP contribution in [0.25, 0.3) is 32.3 Å². The molecule has 0 saturated heterocycles. The van der Waals surface area contributed by atoms with Gasteiger partial charge in [0.15, 0.2) is 0 Å². The summed E-state index contributed by atoms with van der Waals surface area (Å²) in [6.45, 7) is 2.39. The maximum absolute atomic E-state index is 4.01. The van der Waals surface area contributed by atoms with Crippen LogP contribution in [0.3, 0.4) is 0 Å². The molecule has 5 aromatic carbocycles. The number of hydrogen-bond acceptors (Lipinski definition) is 1. The minimum Gasteiger partial charge on any atom is -0.264 e. The molecule has 170 valence electrons. The van der Waals surface area contributed by atoms with E-state index in [1.165, 1.54) is 56.3 Å². The van der Waals surface area contributed by atoms with Crippen molar-refractivity contribution in [3.05, 3.63) is 138 Å². The average Bonchev–Trinajstić information content (AvgIpc) is 2.93. The number of hydrogen-bond donors (Lipinski definition) is 0. The lowest BCUT2D eigenvalue weighted by Crippen LogP contribution is -2.18. The first-order valence-corrected chi connectivity index (χ1v) is 12.5. The molecular weight excluding hydrogens is 422 g/mol. The molecule has 0 spiro atoms. The van der Waals surface area contributed by atoms with E-state index >= 15 is 0 Å². The minimum atomic E-state index is 0.504. The normalized spacial score (nSPS) is 17.1. The van der Waals surface area contributed by atoms with Crippen molar-refractivity contribution in [1.29, 1.82) is 0 Å². The number of pyridine rings is 1. The summed E-state index contributed by atoms with van der Waals surface area (Å²) in [4.78, 5) is 4.01. The fourth-order valence-electron chi connectivity index (χ4n) is 5.74. The second kappa shape index (κ2) is 9.35. The zero-order valence-corrected chi connectivity index (χ0v) is 20.1. The van der Waals surface area contributed by atoms with Gasteiger partial charge in [-0.3, -0.25) is 4.98 Å². The van der Waals surface area contributed by atoms with Gasteiger partial charge in [-0.2, -0.15) is 0 Å². The Balaban J connectivity index is 0.000000191. The third kappa shape index (κ3) is 4.19. The Labute approximate surface area is 207 Å². The van der Waals surface area contributed by atoms with E-state index in [0.717, 1.165) is 5.92 Å². The maximum atomic E-state index is 4.01. The van der Waals surface area contributed by atoms with Gasteiger partial charge in [-0.15, -0.1) is 0 Å². The first-order valence-electron chi connectivity index (χ1n) is 12.5. The van der Waals surface area contributed by atoms with Crippen LogP contribution in [0.4, 0.5) is 0 Å². The molecule has 7 rings (SSSR count). The van der Waals surface area contributed by atoms with Gasteiger partial charge in [0.2, 0.25) is 0 Å². The Morgan fingerprint density at radius 3 is 2.14 bits per heavy atom. The van der Waals surface area contributed by atoms with Crippen molar-refractivity contribution in [2.24, 2.45) is 5.92 Å². The molecule has 1 heteroatoms. The topological polar surface area (TPSA) is 12.9 Å². The van der Waals surface area contributed by atoms with Gasteiger partial charge in [-0.1, -0.05) is 110 Å². The summed E-state index contributed by atoms with van der Waals surface area (Å²) in [5, 5.41) is 7.98. The molecular formula is C34H29N. The smallest absolute Gasteiger partial charge is 0.0346 e. The zero-order chi connectivity index (χ0) is 23.6. The van der Waals surface area contributed by atoms with Gasteiger partial charge in [0.1, 0.15) is 0 Å². The molecule has 0 saturated carbocycles. The number of aromatic nitrogens is 1. The Morgan fingerprint density at radius 2 is 1.31 bits per heavy atom. The highest BCUT2D eigenvalue weighted by Gasteiger charge is 2.27. The number of fused-ring (bicyclic) bond motifs is 6. The zero-order valence-electron chi connectivity index (χ0n) is 20.1. The summed E-state index contributed by atoms with van der Waals surface area (Å²) < 4.78 is 0. The summed E-state index contributed by atoms with van der Waals surface area (Å²) in [5.41, 5.74) is 4.55. The molecule has 0 radical (unpaired) electrons. The number of rotatable bonds is 1. The van der Waals surface area contributed by atoms with Crippen molar-refractivity contribution in [2.45, 2.75) is 25.7 Å². The van der Waals surface area contributed by atoms with E-state index < -0.39 is 0 Å². The molecule has 2 atom stereocenters. The van der Waals surface area contributed by atoms with Crippen LogP contribution in [0.15, 0.2) is 122 Å². The highest BCUT2D eigenvalue weighted by Crippen LogP contribution is 2.43. The van der Waals surface area contributed by atoms with Crippen molar-refractivity contribution in [3.63, 3.8) is 0 Å². The van der Waals surface area contributed by atoms with Gasteiger partial charge < -0.3 is 0 Å². The molecule has 1 nitrogen and oxygen atoms in total. The van der Waals surface area contributed by atoms with Gasteiger partial charge in [0.25, 0.3) is 0 Å². The lowest BCUT2D eigenvalue weighted by Gasteiger charge is -2.31. The van der Waals surface area contributed by atoms with Gasteiger partial charge in [0, 0.05) is 18.3 Å². The van der Waals surface area contributed by atoms with Crippen molar-refractivity contribution in [2.75, 3.05) is 0 Å². The maximum Gasteiger partial charge on any atom is 0.0346 e. The van der Waals surface area contributed by atoms with E-state index in [1.807, 2.05) is 30.6 Å². The molecule has 0 aliphatic heterocycles. The van der Waals surface area contributed by atoms with Crippen LogP contribution in [-0.2, 0) is 6.42 Å². The van der Waals surface area contributed by atoms with Crippen LogP contribution < -0.4 is 0 Å². The molecule has 0 amide bonds. The largest absolute Gasteiger partial charge is 0.264 e. The molecule has 0 fully saturated rings. The van der Waals surface area contributed by atoms with E-state index in [0.29, 0.717) is 5.92 Å². The summed E-state index contributed by atoms with van der Waals surface area (Å²) in [5.74, 6) is 1.24. The van der Waals surface area contributed by atoms with Crippen LogP contribution >= 0.6 is 0 Å². The number of nitrogens with zero attached hydrogens (tertiary/aromatic N) is 1. The van der Waals surface area contributed by atoms with Crippen LogP contribution in [0.2, 0.25) is 0 Å². The second-order valence-electron chi connectivity index (χ2n) is 9.75. The van der Waals surface area contributed by atoms with E-state index in [1.54, 1.807) is 5.56 Å². The predicted octanol–water partition coefficient (Wildman–Crippen LogP) is 8.94. The summed E-state index contributed by atoms with van der Waals surface area (Å²) >= 11 is 0. The van der Waals surface area contributed by atoms with Gasteiger partial charge >= 0.3 is 0 Å². The molecule has 6 aromatic rings. The first-order chi connectivity index (χ1) is 17.3. The van der Waals surface area contributed by atoms with Crippen molar-refractivity contribution < 1.29 is 0 Å². The monoisotopic (exact) mass is 451 g/mol. The van der Waals surface area contributed by atoms with Gasteiger partial charge in [-0.05, 0) is 73.8 Å².